The number of hydrogen-bond donors (Lipinski definition) is 2. The van der Waals surface area contributed by atoms with Gasteiger partial charge < -0.3 is 10.4 Å². The molecule has 1 aromatic heterocycles. The Kier molecular flexibility index (Phi) is 3.78. The molecule has 1 amide bonds. The van der Waals surface area contributed by atoms with Crippen LogP contribution in [0.3, 0.4) is 0 Å². The highest BCUT2D eigenvalue weighted by atomic mass is 16.3. The number of nitrogens with zero attached hydrogens (tertiary/aromatic N) is 1. The van der Waals surface area contributed by atoms with E-state index in [1.807, 2.05) is 18.2 Å². The first-order valence-electron chi connectivity index (χ1n) is 7.52. The average molecular weight is 284 g/mol. The Bertz CT molecular complexity index is 661. The van der Waals surface area contributed by atoms with Crippen LogP contribution in [0, 0.1) is 5.92 Å². The Morgan fingerprint density at radius 3 is 2.76 bits per heavy atom. The van der Waals surface area contributed by atoms with Crippen LogP contribution in [-0.4, -0.2) is 22.0 Å². The van der Waals surface area contributed by atoms with E-state index in [2.05, 4.69) is 17.2 Å². The van der Waals surface area contributed by atoms with Gasteiger partial charge in [-0.25, -0.2) is 0 Å². The molecule has 1 heterocycles. The van der Waals surface area contributed by atoms with Gasteiger partial charge in [-0.2, -0.15) is 0 Å². The van der Waals surface area contributed by atoms with Crippen molar-refractivity contribution in [2.45, 2.75) is 38.6 Å². The number of amides is 1. The zero-order chi connectivity index (χ0) is 14.8. The van der Waals surface area contributed by atoms with Crippen molar-refractivity contribution in [1.29, 1.82) is 0 Å². The second kappa shape index (κ2) is 5.72. The number of aromatic hydroxyl groups is 1. The summed E-state index contributed by atoms with van der Waals surface area (Å²) in [7, 11) is 0. The first kappa shape index (κ1) is 13.9. The lowest BCUT2D eigenvalue weighted by atomic mass is 9.87. The van der Waals surface area contributed by atoms with Crippen molar-refractivity contribution < 1.29 is 9.90 Å². The zero-order valence-electron chi connectivity index (χ0n) is 12.2. The topological polar surface area (TPSA) is 62.2 Å². The molecule has 1 aromatic carbocycles. The van der Waals surface area contributed by atoms with E-state index < -0.39 is 0 Å². The number of phenols is 1. The van der Waals surface area contributed by atoms with Gasteiger partial charge in [-0.1, -0.05) is 19.1 Å². The fraction of sp³-hybridized carbons (Fsp3) is 0.412. The van der Waals surface area contributed by atoms with Crippen molar-refractivity contribution in [2.75, 3.05) is 0 Å². The van der Waals surface area contributed by atoms with Gasteiger partial charge in [0.05, 0.1) is 5.56 Å². The summed E-state index contributed by atoms with van der Waals surface area (Å²) in [5, 5.41) is 14.1. The number of fused-ring (bicyclic) bond motifs is 1. The third-order valence-electron chi connectivity index (χ3n) is 4.34. The molecule has 0 aliphatic heterocycles. The number of phenolic OH excluding ortho intramolecular Hbond substituents is 1. The lowest BCUT2D eigenvalue weighted by Gasteiger charge is -2.27. The van der Waals surface area contributed by atoms with Crippen molar-refractivity contribution >= 4 is 16.8 Å². The highest BCUT2D eigenvalue weighted by Crippen LogP contribution is 2.28. The summed E-state index contributed by atoms with van der Waals surface area (Å²) in [5.74, 6) is 0.505. The van der Waals surface area contributed by atoms with Crippen LogP contribution < -0.4 is 5.32 Å². The van der Waals surface area contributed by atoms with Crippen molar-refractivity contribution in [3.63, 3.8) is 0 Å². The Balaban J connectivity index is 1.80. The van der Waals surface area contributed by atoms with Crippen LogP contribution in [0.25, 0.3) is 10.9 Å². The van der Waals surface area contributed by atoms with Gasteiger partial charge in [0.15, 0.2) is 5.75 Å². The molecule has 0 unspecified atom stereocenters. The molecule has 0 saturated heterocycles. The fourth-order valence-corrected chi connectivity index (χ4v) is 2.98. The minimum Gasteiger partial charge on any atom is -0.505 e. The number of carbonyl (C=O) groups excluding carboxylic acids is 1. The van der Waals surface area contributed by atoms with Crippen LogP contribution in [0.4, 0.5) is 0 Å². The van der Waals surface area contributed by atoms with Crippen molar-refractivity contribution in [2.24, 2.45) is 5.92 Å². The maximum Gasteiger partial charge on any atom is 0.255 e. The van der Waals surface area contributed by atoms with Gasteiger partial charge in [0.2, 0.25) is 0 Å². The standard InChI is InChI=1S/C17H20N2O2/c1-11-4-7-13(8-5-11)19-17(21)14-9-6-12-3-2-10-18-15(12)16(14)20/h2-3,6,9-11,13,20H,4-5,7-8H2,1H3,(H,19,21). The lowest BCUT2D eigenvalue weighted by Crippen LogP contribution is -2.37. The van der Waals surface area contributed by atoms with Crippen LogP contribution in [0.2, 0.25) is 0 Å². The summed E-state index contributed by atoms with van der Waals surface area (Å²) in [4.78, 5) is 16.5. The summed E-state index contributed by atoms with van der Waals surface area (Å²) in [6.45, 7) is 2.25. The molecule has 110 valence electrons. The SMILES string of the molecule is CC1CCC(NC(=O)c2ccc3cccnc3c2O)CC1. The Morgan fingerprint density at radius 1 is 1.24 bits per heavy atom. The summed E-state index contributed by atoms with van der Waals surface area (Å²) in [6, 6.07) is 7.38. The predicted octanol–water partition coefficient (Wildman–Crippen LogP) is 3.25. The molecule has 2 N–H and O–H groups in total. The van der Waals surface area contributed by atoms with E-state index in [0.29, 0.717) is 11.1 Å². The second-order valence-electron chi connectivity index (χ2n) is 5.97. The minimum atomic E-state index is -0.209. The maximum absolute atomic E-state index is 12.4. The zero-order valence-corrected chi connectivity index (χ0v) is 12.2. The number of rotatable bonds is 2. The van der Waals surface area contributed by atoms with E-state index in [4.69, 9.17) is 0 Å². The quantitative estimate of drug-likeness (QED) is 0.890. The number of benzene rings is 1. The van der Waals surface area contributed by atoms with Crippen LogP contribution >= 0.6 is 0 Å². The van der Waals surface area contributed by atoms with Crippen LogP contribution in [-0.2, 0) is 0 Å². The van der Waals surface area contributed by atoms with Gasteiger partial charge >= 0.3 is 0 Å². The van der Waals surface area contributed by atoms with E-state index in [1.165, 1.54) is 0 Å². The number of aromatic nitrogens is 1. The number of hydrogen-bond acceptors (Lipinski definition) is 3. The molecule has 4 heteroatoms. The third kappa shape index (κ3) is 2.84. The molecule has 21 heavy (non-hydrogen) atoms. The van der Waals surface area contributed by atoms with E-state index in [-0.39, 0.29) is 17.7 Å². The second-order valence-corrected chi connectivity index (χ2v) is 5.97. The molecule has 1 aliphatic carbocycles. The third-order valence-corrected chi connectivity index (χ3v) is 4.34. The van der Waals surface area contributed by atoms with E-state index in [9.17, 15) is 9.90 Å². The lowest BCUT2D eigenvalue weighted by molar-refractivity contribution is 0.0920. The van der Waals surface area contributed by atoms with E-state index in [1.54, 1.807) is 12.3 Å². The normalized spacial score (nSPS) is 22.1. The summed E-state index contributed by atoms with van der Waals surface area (Å²) >= 11 is 0. The first-order valence-corrected chi connectivity index (χ1v) is 7.52. The molecule has 0 atom stereocenters. The maximum atomic E-state index is 12.4. The average Bonchev–Trinajstić information content (AvgIpc) is 2.50. The first-order chi connectivity index (χ1) is 10.1. The van der Waals surface area contributed by atoms with Crippen LogP contribution in [0.15, 0.2) is 30.5 Å². The van der Waals surface area contributed by atoms with Crippen LogP contribution in [0.5, 0.6) is 5.75 Å². The molecule has 2 aromatic rings. The monoisotopic (exact) mass is 284 g/mol. The van der Waals surface area contributed by atoms with Gasteiger partial charge in [0.1, 0.15) is 5.52 Å². The van der Waals surface area contributed by atoms with Crippen molar-refractivity contribution in [1.82, 2.24) is 10.3 Å². The smallest absolute Gasteiger partial charge is 0.255 e. The van der Waals surface area contributed by atoms with Gasteiger partial charge in [-0.05, 0) is 43.7 Å². The van der Waals surface area contributed by atoms with E-state index in [0.717, 1.165) is 37.0 Å². The molecule has 0 spiro atoms. The van der Waals surface area contributed by atoms with Crippen LogP contribution in [0.1, 0.15) is 43.0 Å². The minimum absolute atomic E-state index is 0.0326. The Morgan fingerprint density at radius 2 is 2.00 bits per heavy atom. The van der Waals surface area contributed by atoms with Crippen molar-refractivity contribution in [3.8, 4) is 5.75 Å². The van der Waals surface area contributed by atoms with Gasteiger partial charge in [0, 0.05) is 17.6 Å². The summed E-state index contributed by atoms with van der Waals surface area (Å²) in [5.41, 5.74) is 0.780. The molecule has 3 rings (SSSR count). The van der Waals surface area contributed by atoms with Gasteiger partial charge in [-0.15, -0.1) is 0 Å². The number of pyridine rings is 1. The number of carbonyl (C=O) groups is 1. The largest absolute Gasteiger partial charge is 0.505 e. The molecule has 1 fully saturated rings. The highest BCUT2D eigenvalue weighted by molar-refractivity contribution is 6.02. The number of nitrogens with one attached hydrogen (secondary N) is 1. The summed E-state index contributed by atoms with van der Waals surface area (Å²) < 4.78 is 0. The predicted molar refractivity (Wildman–Crippen MR) is 82.3 cm³/mol. The molecule has 0 radical (unpaired) electrons. The van der Waals surface area contributed by atoms with Crippen molar-refractivity contribution in [3.05, 3.63) is 36.0 Å². The molecule has 1 saturated carbocycles. The summed E-state index contributed by atoms with van der Waals surface area (Å²) in [6.07, 6.45) is 5.94. The molecular weight excluding hydrogens is 264 g/mol. The molecular formula is C17H20N2O2. The molecule has 1 aliphatic rings. The van der Waals surface area contributed by atoms with Gasteiger partial charge in [-0.3, -0.25) is 9.78 Å². The Hall–Kier alpha value is -2.10. The van der Waals surface area contributed by atoms with E-state index >= 15 is 0 Å². The molecule has 4 nitrogen and oxygen atoms in total. The fourth-order valence-electron chi connectivity index (χ4n) is 2.98. The Labute approximate surface area is 124 Å². The molecule has 0 bridgehead atoms. The highest BCUT2D eigenvalue weighted by Gasteiger charge is 2.22. The van der Waals surface area contributed by atoms with Gasteiger partial charge in [0.25, 0.3) is 5.91 Å².